The van der Waals surface area contributed by atoms with Gasteiger partial charge >= 0.3 is 0 Å². The van der Waals surface area contributed by atoms with Crippen molar-refractivity contribution in [2.45, 2.75) is 25.9 Å². The molecule has 1 atom stereocenters. The largest absolute Gasteiger partial charge is 0.389 e. The molecule has 0 heterocycles. The summed E-state index contributed by atoms with van der Waals surface area (Å²) in [6.07, 6.45) is 0.544. The lowest BCUT2D eigenvalue weighted by Gasteiger charge is -2.12. The monoisotopic (exact) mass is 269 g/mol. The van der Waals surface area contributed by atoms with E-state index in [1.807, 2.05) is 54.6 Å². The molecule has 0 aliphatic rings. The maximum absolute atomic E-state index is 12.0. The molecule has 104 valence electrons. The van der Waals surface area contributed by atoms with Crippen LogP contribution in [0.15, 0.2) is 54.6 Å². The number of anilines is 1. The van der Waals surface area contributed by atoms with Gasteiger partial charge in [-0.05, 0) is 25.0 Å². The lowest BCUT2D eigenvalue weighted by atomic mass is 10.1. The Morgan fingerprint density at radius 1 is 1.10 bits per heavy atom. The smallest absolute Gasteiger partial charge is 0.224 e. The van der Waals surface area contributed by atoms with E-state index in [9.17, 15) is 9.90 Å². The first-order valence-corrected chi connectivity index (χ1v) is 6.77. The number of rotatable bonds is 5. The summed E-state index contributed by atoms with van der Waals surface area (Å²) in [4.78, 5) is 12.0. The molecule has 0 bridgehead atoms. The van der Waals surface area contributed by atoms with Crippen molar-refractivity contribution in [1.29, 1.82) is 0 Å². The molecule has 1 unspecified atom stereocenters. The van der Waals surface area contributed by atoms with Gasteiger partial charge in [0.2, 0.25) is 5.91 Å². The summed E-state index contributed by atoms with van der Waals surface area (Å²) in [7, 11) is 0. The second kappa shape index (κ2) is 6.87. The number of amides is 1. The normalized spacial score (nSPS) is 11.9. The average molecular weight is 269 g/mol. The molecule has 0 aromatic heterocycles. The van der Waals surface area contributed by atoms with Crippen LogP contribution >= 0.6 is 0 Å². The van der Waals surface area contributed by atoms with Gasteiger partial charge in [-0.15, -0.1) is 0 Å². The predicted molar refractivity (Wildman–Crippen MR) is 80.5 cm³/mol. The van der Waals surface area contributed by atoms with Crippen LogP contribution in [0.2, 0.25) is 0 Å². The molecule has 0 fully saturated rings. The van der Waals surface area contributed by atoms with Crippen LogP contribution in [0.4, 0.5) is 5.69 Å². The topological polar surface area (TPSA) is 49.3 Å². The quantitative estimate of drug-likeness (QED) is 0.875. The zero-order valence-electron chi connectivity index (χ0n) is 11.5. The summed E-state index contributed by atoms with van der Waals surface area (Å²) in [5, 5.41) is 12.5. The minimum atomic E-state index is -0.597. The number of nitrogens with one attached hydrogen (secondary N) is 1. The zero-order chi connectivity index (χ0) is 14.4. The van der Waals surface area contributed by atoms with E-state index in [0.717, 1.165) is 11.1 Å². The van der Waals surface area contributed by atoms with Crippen molar-refractivity contribution >= 4 is 11.6 Å². The Labute approximate surface area is 119 Å². The number of para-hydroxylation sites is 1. The minimum absolute atomic E-state index is 0.0399. The second-order valence-electron chi connectivity index (χ2n) is 4.80. The maximum atomic E-state index is 12.0. The maximum Gasteiger partial charge on any atom is 0.224 e. The Balaban J connectivity index is 1.95. The fraction of sp³-hybridized carbons (Fsp3) is 0.235. The molecule has 2 rings (SSSR count). The van der Waals surface area contributed by atoms with Crippen LogP contribution in [0.5, 0.6) is 0 Å². The van der Waals surface area contributed by atoms with E-state index in [1.165, 1.54) is 0 Å². The predicted octanol–water partition coefficient (Wildman–Crippen LogP) is 3.31. The number of carbonyl (C=O) groups excluding carboxylic acids is 1. The molecule has 0 saturated carbocycles. The van der Waals surface area contributed by atoms with Crippen LogP contribution in [-0.4, -0.2) is 11.0 Å². The van der Waals surface area contributed by atoms with Gasteiger partial charge in [-0.1, -0.05) is 48.5 Å². The van der Waals surface area contributed by atoms with E-state index in [0.29, 0.717) is 18.5 Å². The third-order valence-electron chi connectivity index (χ3n) is 3.17. The van der Waals surface area contributed by atoms with Gasteiger partial charge in [0.15, 0.2) is 0 Å². The Morgan fingerprint density at radius 3 is 2.45 bits per heavy atom. The van der Waals surface area contributed by atoms with E-state index in [-0.39, 0.29) is 5.91 Å². The average Bonchev–Trinajstić information content (AvgIpc) is 2.46. The van der Waals surface area contributed by atoms with Crippen molar-refractivity contribution in [2.24, 2.45) is 0 Å². The molecule has 2 aromatic carbocycles. The first-order valence-electron chi connectivity index (χ1n) is 6.77. The molecule has 3 nitrogen and oxygen atoms in total. The molecule has 0 spiro atoms. The minimum Gasteiger partial charge on any atom is -0.389 e. The number of hydrogen-bond donors (Lipinski definition) is 2. The second-order valence-corrected chi connectivity index (χ2v) is 4.80. The van der Waals surface area contributed by atoms with Gasteiger partial charge in [0.25, 0.3) is 0 Å². The standard InChI is InChI=1S/C17H19NO2/c1-13(19)15-9-5-6-10-16(15)18-17(20)12-11-14-7-3-2-4-8-14/h2-10,13,19H,11-12H2,1H3,(H,18,20). The third-order valence-corrected chi connectivity index (χ3v) is 3.17. The van der Waals surface area contributed by atoms with E-state index < -0.39 is 6.10 Å². The number of carbonyl (C=O) groups is 1. The third kappa shape index (κ3) is 3.93. The summed E-state index contributed by atoms with van der Waals surface area (Å²) in [5.41, 5.74) is 2.56. The number of aliphatic hydroxyl groups is 1. The van der Waals surface area contributed by atoms with E-state index in [2.05, 4.69) is 5.32 Å². The van der Waals surface area contributed by atoms with Gasteiger partial charge in [0.05, 0.1) is 6.10 Å². The Morgan fingerprint density at radius 2 is 1.75 bits per heavy atom. The molecule has 2 aromatic rings. The van der Waals surface area contributed by atoms with Crippen LogP contribution in [-0.2, 0) is 11.2 Å². The number of aliphatic hydroxyl groups excluding tert-OH is 1. The van der Waals surface area contributed by atoms with E-state index in [4.69, 9.17) is 0 Å². The number of aryl methyl sites for hydroxylation is 1. The highest BCUT2D eigenvalue weighted by atomic mass is 16.3. The first-order chi connectivity index (χ1) is 9.66. The van der Waals surface area contributed by atoms with Crippen molar-refractivity contribution in [3.63, 3.8) is 0 Å². The molecule has 0 radical (unpaired) electrons. The summed E-state index contributed by atoms with van der Waals surface area (Å²) < 4.78 is 0. The molecule has 1 amide bonds. The van der Waals surface area contributed by atoms with Gasteiger partial charge in [-0.3, -0.25) is 4.79 Å². The molecular formula is C17H19NO2. The van der Waals surface area contributed by atoms with Crippen LogP contribution in [0.3, 0.4) is 0 Å². The van der Waals surface area contributed by atoms with Crippen LogP contribution in [0.25, 0.3) is 0 Å². The Bertz CT molecular complexity index is 564. The van der Waals surface area contributed by atoms with Crippen molar-refractivity contribution in [2.75, 3.05) is 5.32 Å². The molecule has 0 aliphatic heterocycles. The Hall–Kier alpha value is -2.13. The van der Waals surface area contributed by atoms with Gasteiger partial charge in [0.1, 0.15) is 0 Å². The molecule has 2 N–H and O–H groups in total. The number of benzene rings is 2. The fourth-order valence-electron chi connectivity index (χ4n) is 2.09. The van der Waals surface area contributed by atoms with Gasteiger partial charge in [-0.25, -0.2) is 0 Å². The highest BCUT2D eigenvalue weighted by Crippen LogP contribution is 2.22. The molecule has 0 saturated heterocycles. The van der Waals surface area contributed by atoms with Gasteiger partial charge < -0.3 is 10.4 Å². The summed E-state index contributed by atoms with van der Waals surface area (Å²) >= 11 is 0. The fourth-order valence-corrected chi connectivity index (χ4v) is 2.09. The van der Waals surface area contributed by atoms with Crippen LogP contribution in [0, 0.1) is 0 Å². The molecule has 3 heteroatoms. The van der Waals surface area contributed by atoms with E-state index >= 15 is 0 Å². The zero-order valence-corrected chi connectivity index (χ0v) is 11.5. The lowest BCUT2D eigenvalue weighted by molar-refractivity contribution is -0.116. The SMILES string of the molecule is CC(O)c1ccccc1NC(=O)CCc1ccccc1. The van der Waals surface area contributed by atoms with Crippen LogP contribution in [0.1, 0.15) is 30.6 Å². The van der Waals surface area contributed by atoms with Crippen molar-refractivity contribution < 1.29 is 9.90 Å². The van der Waals surface area contributed by atoms with Gasteiger partial charge in [-0.2, -0.15) is 0 Å². The summed E-state index contributed by atoms with van der Waals surface area (Å²) in [6, 6.07) is 17.2. The number of hydrogen-bond acceptors (Lipinski definition) is 2. The summed E-state index contributed by atoms with van der Waals surface area (Å²) in [6.45, 7) is 1.69. The lowest BCUT2D eigenvalue weighted by Crippen LogP contribution is -2.14. The van der Waals surface area contributed by atoms with Crippen molar-refractivity contribution in [3.05, 3.63) is 65.7 Å². The molecule has 20 heavy (non-hydrogen) atoms. The Kier molecular flexibility index (Phi) is 4.91. The van der Waals surface area contributed by atoms with Crippen molar-refractivity contribution in [3.8, 4) is 0 Å². The molecular weight excluding hydrogens is 250 g/mol. The highest BCUT2D eigenvalue weighted by Gasteiger charge is 2.09. The first kappa shape index (κ1) is 14.3. The highest BCUT2D eigenvalue weighted by molar-refractivity contribution is 5.91. The van der Waals surface area contributed by atoms with Gasteiger partial charge in [0, 0.05) is 17.7 Å². The van der Waals surface area contributed by atoms with Crippen LogP contribution < -0.4 is 5.32 Å². The van der Waals surface area contributed by atoms with E-state index in [1.54, 1.807) is 6.92 Å². The molecule has 0 aliphatic carbocycles. The van der Waals surface area contributed by atoms with Crippen molar-refractivity contribution in [1.82, 2.24) is 0 Å². The summed E-state index contributed by atoms with van der Waals surface area (Å²) in [5.74, 6) is -0.0399.